The van der Waals surface area contributed by atoms with E-state index in [-0.39, 0.29) is 5.91 Å². The van der Waals surface area contributed by atoms with Crippen molar-refractivity contribution in [2.75, 3.05) is 24.6 Å². The summed E-state index contributed by atoms with van der Waals surface area (Å²) in [6.07, 6.45) is 6.39. The molecule has 2 aromatic rings. The fourth-order valence-electron chi connectivity index (χ4n) is 2.29. The van der Waals surface area contributed by atoms with Crippen molar-refractivity contribution >= 4 is 11.9 Å². The molecule has 0 spiro atoms. The standard InChI is InChI=1S/C14H18N6O2/c1-19-6-5-15-12(19)9-18-13(21)11-10-20(7-8-22-11)14-16-3-2-4-17-14/h2-6,11H,7-10H2,1H3,(H,18,21)/t11-/m0/s1. The van der Waals surface area contributed by atoms with E-state index >= 15 is 0 Å². The van der Waals surface area contributed by atoms with Gasteiger partial charge in [-0.25, -0.2) is 15.0 Å². The molecule has 1 atom stereocenters. The number of ether oxygens (including phenoxy) is 1. The van der Waals surface area contributed by atoms with Crippen molar-refractivity contribution in [1.29, 1.82) is 0 Å². The Morgan fingerprint density at radius 1 is 1.36 bits per heavy atom. The molecule has 8 heteroatoms. The van der Waals surface area contributed by atoms with Gasteiger partial charge >= 0.3 is 0 Å². The van der Waals surface area contributed by atoms with Crippen LogP contribution in [-0.4, -0.2) is 51.2 Å². The molecule has 0 radical (unpaired) electrons. The van der Waals surface area contributed by atoms with E-state index in [1.54, 1.807) is 24.7 Å². The van der Waals surface area contributed by atoms with Gasteiger partial charge in [0.15, 0.2) is 6.10 Å². The molecule has 8 nitrogen and oxygen atoms in total. The van der Waals surface area contributed by atoms with Gasteiger partial charge in [0.05, 0.1) is 19.7 Å². The summed E-state index contributed by atoms with van der Waals surface area (Å²) in [4.78, 5) is 26.8. The number of hydrogen-bond acceptors (Lipinski definition) is 6. The second kappa shape index (κ2) is 6.52. The summed E-state index contributed by atoms with van der Waals surface area (Å²) in [5.74, 6) is 1.27. The molecular weight excluding hydrogens is 284 g/mol. The average molecular weight is 302 g/mol. The van der Waals surface area contributed by atoms with Gasteiger partial charge < -0.3 is 19.5 Å². The quantitative estimate of drug-likeness (QED) is 0.837. The lowest BCUT2D eigenvalue weighted by Gasteiger charge is -2.32. The van der Waals surface area contributed by atoms with Gasteiger partial charge in [-0.05, 0) is 6.07 Å². The van der Waals surface area contributed by atoms with Crippen molar-refractivity contribution in [3.63, 3.8) is 0 Å². The van der Waals surface area contributed by atoms with E-state index in [9.17, 15) is 4.79 Å². The van der Waals surface area contributed by atoms with Crippen LogP contribution in [0.2, 0.25) is 0 Å². The predicted octanol–water partition coefficient (Wildman–Crippen LogP) is -0.268. The summed E-state index contributed by atoms with van der Waals surface area (Å²) in [5, 5.41) is 2.85. The molecule has 1 amide bonds. The van der Waals surface area contributed by atoms with Gasteiger partial charge in [0.1, 0.15) is 5.82 Å². The zero-order chi connectivity index (χ0) is 15.4. The molecule has 2 aromatic heterocycles. The van der Waals surface area contributed by atoms with Crippen LogP contribution < -0.4 is 10.2 Å². The van der Waals surface area contributed by atoms with Gasteiger partial charge in [-0.15, -0.1) is 0 Å². The Morgan fingerprint density at radius 2 is 2.18 bits per heavy atom. The van der Waals surface area contributed by atoms with Crippen molar-refractivity contribution in [3.05, 3.63) is 36.7 Å². The summed E-state index contributed by atoms with van der Waals surface area (Å²) >= 11 is 0. The number of rotatable bonds is 4. The highest BCUT2D eigenvalue weighted by atomic mass is 16.5. The highest BCUT2D eigenvalue weighted by molar-refractivity contribution is 5.81. The van der Waals surface area contributed by atoms with Crippen molar-refractivity contribution < 1.29 is 9.53 Å². The molecule has 3 heterocycles. The Kier molecular flexibility index (Phi) is 4.29. The van der Waals surface area contributed by atoms with Crippen LogP contribution in [0.25, 0.3) is 0 Å². The van der Waals surface area contributed by atoms with Crippen LogP contribution in [0.4, 0.5) is 5.95 Å². The molecule has 22 heavy (non-hydrogen) atoms. The van der Waals surface area contributed by atoms with E-state index in [4.69, 9.17) is 4.74 Å². The number of nitrogens with zero attached hydrogens (tertiary/aromatic N) is 5. The van der Waals surface area contributed by atoms with Crippen molar-refractivity contribution in [3.8, 4) is 0 Å². The monoisotopic (exact) mass is 302 g/mol. The maximum absolute atomic E-state index is 12.2. The summed E-state index contributed by atoms with van der Waals surface area (Å²) in [6.45, 7) is 1.96. The van der Waals surface area contributed by atoms with Crippen LogP contribution in [0.15, 0.2) is 30.9 Å². The first-order chi connectivity index (χ1) is 10.7. The topological polar surface area (TPSA) is 85.2 Å². The zero-order valence-electron chi connectivity index (χ0n) is 12.3. The van der Waals surface area contributed by atoms with E-state index in [2.05, 4.69) is 20.3 Å². The number of carbonyl (C=O) groups is 1. The Hall–Kier alpha value is -2.48. The number of carbonyl (C=O) groups excluding carboxylic acids is 1. The molecule has 116 valence electrons. The van der Waals surface area contributed by atoms with Crippen LogP contribution >= 0.6 is 0 Å². The third kappa shape index (κ3) is 3.22. The van der Waals surface area contributed by atoms with Crippen molar-refractivity contribution in [2.45, 2.75) is 12.6 Å². The fraction of sp³-hybridized carbons (Fsp3) is 0.429. The van der Waals surface area contributed by atoms with E-state index in [0.717, 1.165) is 5.82 Å². The van der Waals surface area contributed by atoms with Crippen LogP contribution in [0.5, 0.6) is 0 Å². The van der Waals surface area contributed by atoms with Crippen molar-refractivity contribution in [2.24, 2.45) is 7.05 Å². The maximum atomic E-state index is 12.2. The van der Waals surface area contributed by atoms with Crippen LogP contribution in [0.1, 0.15) is 5.82 Å². The smallest absolute Gasteiger partial charge is 0.251 e. The van der Waals surface area contributed by atoms with Crippen molar-refractivity contribution in [1.82, 2.24) is 24.8 Å². The third-order valence-corrected chi connectivity index (χ3v) is 3.54. The van der Waals surface area contributed by atoms with Gasteiger partial charge in [0, 0.05) is 38.4 Å². The molecule has 1 aliphatic rings. The number of nitrogens with one attached hydrogen (secondary N) is 1. The minimum Gasteiger partial charge on any atom is -0.365 e. The second-order valence-electron chi connectivity index (χ2n) is 5.03. The van der Waals surface area contributed by atoms with Crippen LogP contribution in [0, 0.1) is 0 Å². The van der Waals surface area contributed by atoms with E-state index in [1.165, 1.54) is 0 Å². The lowest BCUT2D eigenvalue weighted by Crippen LogP contribution is -2.50. The second-order valence-corrected chi connectivity index (χ2v) is 5.03. The number of imidazole rings is 1. The Balaban J connectivity index is 1.57. The Morgan fingerprint density at radius 3 is 2.91 bits per heavy atom. The first-order valence-corrected chi connectivity index (χ1v) is 7.11. The number of aromatic nitrogens is 4. The van der Waals surface area contributed by atoms with Gasteiger partial charge in [0.2, 0.25) is 5.95 Å². The largest absolute Gasteiger partial charge is 0.365 e. The minimum atomic E-state index is -0.530. The average Bonchev–Trinajstić information content (AvgIpc) is 2.99. The Labute approximate surface area is 128 Å². The molecule has 0 aliphatic carbocycles. The molecule has 0 unspecified atom stereocenters. The SMILES string of the molecule is Cn1ccnc1CNC(=O)[C@@H]1CN(c2ncccn2)CCO1. The predicted molar refractivity (Wildman–Crippen MR) is 79.0 cm³/mol. The lowest BCUT2D eigenvalue weighted by molar-refractivity contribution is -0.133. The highest BCUT2D eigenvalue weighted by Gasteiger charge is 2.27. The molecule has 0 saturated carbocycles. The first kappa shape index (κ1) is 14.5. The van der Waals surface area contributed by atoms with Gasteiger partial charge in [0.25, 0.3) is 5.91 Å². The molecule has 1 fully saturated rings. The molecule has 1 aliphatic heterocycles. The molecule has 3 rings (SSSR count). The van der Waals surface area contributed by atoms with Gasteiger partial charge in [-0.2, -0.15) is 0 Å². The lowest BCUT2D eigenvalue weighted by atomic mass is 10.2. The summed E-state index contributed by atoms with van der Waals surface area (Å²) in [5.41, 5.74) is 0. The first-order valence-electron chi connectivity index (χ1n) is 7.11. The number of aryl methyl sites for hydroxylation is 1. The zero-order valence-corrected chi connectivity index (χ0v) is 12.3. The van der Waals surface area contributed by atoms with Crippen LogP contribution in [0.3, 0.4) is 0 Å². The summed E-state index contributed by atoms with van der Waals surface area (Å²) in [7, 11) is 1.89. The maximum Gasteiger partial charge on any atom is 0.251 e. The van der Waals surface area contributed by atoms with E-state index in [1.807, 2.05) is 22.7 Å². The van der Waals surface area contributed by atoms with Gasteiger partial charge in [-0.1, -0.05) is 0 Å². The minimum absolute atomic E-state index is 0.149. The number of hydrogen-bond donors (Lipinski definition) is 1. The normalized spacial score (nSPS) is 18.2. The Bertz CT molecular complexity index is 629. The number of amides is 1. The molecular formula is C14H18N6O2. The van der Waals surface area contributed by atoms with E-state index < -0.39 is 6.10 Å². The number of morpholine rings is 1. The molecule has 0 aromatic carbocycles. The fourth-order valence-corrected chi connectivity index (χ4v) is 2.29. The highest BCUT2D eigenvalue weighted by Crippen LogP contribution is 2.12. The van der Waals surface area contributed by atoms with Crippen LogP contribution in [-0.2, 0) is 23.1 Å². The summed E-state index contributed by atoms with van der Waals surface area (Å²) < 4.78 is 7.42. The molecule has 1 saturated heterocycles. The molecule has 0 bridgehead atoms. The number of anilines is 1. The van der Waals surface area contributed by atoms with Gasteiger partial charge in [-0.3, -0.25) is 4.79 Å². The summed E-state index contributed by atoms with van der Waals surface area (Å²) in [6, 6.07) is 1.76. The molecule has 1 N–H and O–H groups in total. The van der Waals surface area contributed by atoms with E-state index in [0.29, 0.717) is 32.2 Å². The third-order valence-electron chi connectivity index (χ3n) is 3.54.